The molecule has 1 aliphatic heterocycles. The molecule has 1 aromatic rings. The summed E-state index contributed by atoms with van der Waals surface area (Å²) in [5.74, 6) is 0. The topological polar surface area (TPSA) is 15.3 Å². The first-order valence-electron chi connectivity index (χ1n) is 7.29. The Kier molecular flexibility index (Phi) is 5.21. The molecular weight excluding hydrogens is 220 g/mol. The second-order valence-corrected chi connectivity index (χ2v) is 5.43. The second-order valence-electron chi connectivity index (χ2n) is 5.43. The van der Waals surface area contributed by atoms with Crippen LogP contribution in [0.5, 0.6) is 0 Å². The van der Waals surface area contributed by atoms with E-state index in [1.165, 1.54) is 50.0 Å². The highest BCUT2D eigenvalue weighted by Gasteiger charge is 2.15. The molecule has 1 unspecified atom stereocenters. The SMILES string of the molecule is CCN1CCCC(NCc2ccc(C)cc2)CC1. The minimum Gasteiger partial charge on any atom is -0.310 e. The summed E-state index contributed by atoms with van der Waals surface area (Å²) in [5, 5.41) is 3.72. The van der Waals surface area contributed by atoms with E-state index in [1.54, 1.807) is 0 Å². The van der Waals surface area contributed by atoms with Gasteiger partial charge in [-0.25, -0.2) is 0 Å². The van der Waals surface area contributed by atoms with Crippen LogP contribution in [0.15, 0.2) is 24.3 Å². The Morgan fingerprint density at radius 2 is 1.94 bits per heavy atom. The summed E-state index contributed by atoms with van der Waals surface area (Å²) in [6.45, 7) is 9.14. The average Bonchev–Trinajstić information content (AvgIpc) is 2.63. The maximum absolute atomic E-state index is 3.72. The number of likely N-dealkylation sites (tertiary alicyclic amines) is 1. The van der Waals surface area contributed by atoms with E-state index in [0.717, 1.165) is 6.54 Å². The fourth-order valence-electron chi connectivity index (χ4n) is 2.64. The molecule has 2 heteroatoms. The van der Waals surface area contributed by atoms with Crippen LogP contribution in [0, 0.1) is 6.92 Å². The molecule has 0 aliphatic carbocycles. The third kappa shape index (κ3) is 4.11. The molecule has 1 aliphatic rings. The third-order valence-electron chi connectivity index (χ3n) is 3.98. The van der Waals surface area contributed by atoms with E-state index in [2.05, 4.69) is 48.3 Å². The molecule has 0 bridgehead atoms. The lowest BCUT2D eigenvalue weighted by Crippen LogP contribution is -2.30. The van der Waals surface area contributed by atoms with E-state index >= 15 is 0 Å². The number of hydrogen-bond acceptors (Lipinski definition) is 2. The highest BCUT2D eigenvalue weighted by molar-refractivity contribution is 5.21. The molecule has 0 spiro atoms. The minimum atomic E-state index is 0.697. The summed E-state index contributed by atoms with van der Waals surface area (Å²) in [6, 6.07) is 9.56. The molecule has 1 N–H and O–H groups in total. The van der Waals surface area contributed by atoms with Gasteiger partial charge in [0, 0.05) is 12.6 Å². The van der Waals surface area contributed by atoms with Crippen LogP contribution in [0.25, 0.3) is 0 Å². The van der Waals surface area contributed by atoms with E-state index in [1.807, 2.05) is 0 Å². The summed E-state index contributed by atoms with van der Waals surface area (Å²) in [5.41, 5.74) is 2.74. The lowest BCUT2D eigenvalue weighted by Gasteiger charge is -2.18. The van der Waals surface area contributed by atoms with E-state index in [9.17, 15) is 0 Å². The lowest BCUT2D eigenvalue weighted by molar-refractivity contribution is 0.297. The first-order valence-corrected chi connectivity index (χ1v) is 7.29. The normalized spacial score (nSPS) is 21.8. The predicted octanol–water partition coefficient (Wildman–Crippen LogP) is 2.96. The second kappa shape index (κ2) is 6.91. The summed E-state index contributed by atoms with van der Waals surface area (Å²) in [6.07, 6.45) is 3.95. The fourth-order valence-corrected chi connectivity index (χ4v) is 2.64. The smallest absolute Gasteiger partial charge is 0.0208 e. The van der Waals surface area contributed by atoms with Gasteiger partial charge in [0.05, 0.1) is 0 Å². The third-order valence-corrected chi connectivity index (χ3v) is 3.98. The van der Waals surface area contributed by atoms with Gasteiger partial charge in [-0.3, -0.25) is 0 Å². The molecule has 1 aromatic carbocycles. The summed E-state index contributed by atoms with van der Waals surface area (Å²) < 4.78 is 0. The molecule has 0 radical (unpaired) electrons. The van der Waals surface area contributed by atoms with Crippen LogP contribution in [-0.2, 0) is 6.54 Å². The van der Waals surface area contributed by atoms with Crippen molar-refractivity contribution in [2.24, 2.45) is 0 Å². The molecule has 1 atom stereocenters. The largest absolute Gasteiger partial charge is 0.310 e. The van der Waals surface area contributed by atoms with Crippen molar-refractivity contribution in [1.82, 2.24) is 10.2 Å². The molecule has 2 nitrogen and oxygen atoms in total. The number of benzene rings is 1. The molecule has 0 aromatic heterocycles. The lowest BCUT2D eigenvalue weighted by atomic mass is 10.1. The molecule has 1 fully saturated rings. The molecule has 100 valence electrons. The van der Waals surface area contributed by atoms with Gasteiger partial charge < -0.3 is 10.2 Å². The van der Waals surface area contributed by atoms with Crippen molar-refractivity contribution in [3.8, 4) is 0 Å². The Hall–Kier alpha value is -0.860. The van der Waals surface area contributed by atoms with Crippen molar-refractivity contribution >= 4 is 0 Å². The standard InChI is InChI=1S/C16H26N2/c1-3-18-11-4-5-16(10-12-18)17-13-15-8-6-14(2)7-9-15/h6-9,16-17H,3-5,10-13H2,1-2H3. The zero-order valence-electron chi connectivity index (χ0n) is 11.8. The van der Waals surface area contributed by atoms with Crippen molar-refractivity contribution in [2.45, 2.75) is 45.7 Å². The van der Waals surface area contributed by atoms with Crippen molar-refractivity contribution < 1.29 is 0 Å². The zero-order chi connectivity index (χ0) is 12.8. The first kappa shape index (κ1) is 13.6. The molecule has 1 saturated heterocycles. The van der Waals surface area contributed by atoms with Crippen LogP contribution < -0.4 is 5.32 Å². The highest BCUT2D eigenvalue weighted by Crippen LogP contribution is 2.12. The van der Waals surface area contributed by atoms with Crippen LogP contribution in [-0.4, -0.2) is 30.6 Å². The van der Waals surface area contributed by atoms with Crippen molar-refractivity contribution in [3.63, 3.8) is 0 Å². The van der Waals surface area contributed by atoms with E-state index in [-0.39, 0.29) is 0 Å². The number of hydrogen-bond donors (Lipinski definition) is 1. The quantitative estimate of drug-likeness (QED) is 0.878. The maximum atomic E-state index is 3.72. The molecule has 0 saturated carbocycles. The fraction of sp³-hybridized carbons (Fsp3) is 0.625. The van der Waals surface area contributed by atoms with Crippen molar-refractivity contribution in [1.29, 1.82) is 0 Å². The Morgan fingerprint density at radius 1 is 1.17 bits per heavy atom. The van der Waals surface area contributed by atoms with E-state index < -0.39 is 0 Å². The van der Waals surface area contributed by atoms with E-state index in [0.29, 0.717) is 6.04 Å². The van der Waals surface area contributed by atoms with Crippen molar-refractivity contribution in [2.75, 3.05) is 19.6 Å². The van der Waals surface area contributed by atoms with Crippen LogP contribution in [0.2, 0.25) is 0 Å². The number of nitrogens with one attached hydrogen (secondary N) is 1. The van der Waals surface area contributed by atoms with Gasteiger partial charge in [0.1, 0.15) is 0 Å². The number of aryl methyl sites for hydroxylation is 1. The molecule has 2 rings (SSSR count). The van der Waals surface area contributed by atoms with Gasteiger partial charge in [0.2, 0.25) is 0 Å². The monoisotopic (exact) mass is 246 g/mol. The average molecular weight is 246 g/mol. The predicted molar refractivity (Wildman–Crippen MR) is 77.8 cm³/mol. The van der Waals surface area contributed by atoms with E-state index in [4.69, 9.17) is 0 Å². The van der Waals surface area contributed by atoms with Crippen molar-refractivity contribution in [3.05, 3.63) is 35.4 Å². The zero-order valence-corrected chi connectivity index (χ0v) is 11.8. The Labute approximate surface area is 111 Å². The van der Waals surface area contributed by atoms with Gasteiger partial charge in [-0.05, 0) is 51.4 Å². The molecule has 18 heavy (non-hydrogen) atoms. The Balaban J connectivity index is 1.77. The molecule has 1 heterocycles. The van der Waals surface area contributed by atoms with Gasteiger partial charge in [-0.2, -0.15) is 0 Å². The van der Waals surface area contributed by atoms with Gasteiger partial charge in [-0.1, -0.05) is 36.8 Å². The summed E-state index contributed by atoms with van der Waals surface area (Å²) in [7, 11) is 0. The summed E-state index contributed by atoms with van der Waals surface area (Å²) >= 11 is 0. The number of nitrogens with zero attached hydrogens (tertiary/aromatic N) is 1. The Bertz CT molecular complexity index is 345. The Morgan fingerprint density at radius 3 is 2.67 bits per heavy atom. The molecule has 0 amide bonds. The highest BCUT2D eigenvalue weighted by atomic mass is 15.1. The summed E-state index contributed by atoms with van der Waals surface area (Å²) in [4.78, 5) is 2.56. The first-order chi connectivity index (χ1) is 8.78. The van der Waals surface area contributed by atoms with Gasteiger partial charge >= 0.3 is 0 Å². The number of rotatable bonds is 4. The van der Waals surface area contributed by atoms with Crippen LogP contribution in [0.4, 0.5) is 0 Å². The van der Waals surface area contributed by atoms with Crippen LogP contribution >= 0.6 is 0 Å². The van der Waals surface area contributed by atoms with Crippen LogP contribution in [0.3, 0.4) is 0 Å². The van der Waals surface area contributed by atoms with Gasteiger partial charge in [-0.15, -0.1) is 0 Å². The van der Waals surface area contributed by atoms with Crippen LogP contribution in [0.1, 0.15) is 37.3 Å². The van der Waals surface area contributed by atoms with Gasteiger partial charge in [0.15, 0.2) is 0 Å². The maximum Gasteiger partial charge on any atom is 0.0208 e. The van der Waals surface area contributed by atoms with Gasteiger partial charge in [0.25, 0.3) is 0 Å². The minimum absolute atomic E-state index is 0.697. The molecular formula is C16H26N2.